The summed E-state index contributed by atoms with van der Waals surface area (Å²) in [7, 11) is 0. The van der Waals surface area contributed by atoms with E-state index in [2.05, 4.69) is 31.2 Å². The van der Waals surface area contributed by atoms with E-state index in [-0.39, 0.29) is 12.7 Å². The monoisotopic (exact) mass is 395 g/mol. The van der Waals surface area contributed by atoms with Crippen molar-refractivity contribution in [3.63, 3.8) is 0 Å². The number of thiazole rings is 1. The van der Waals surface area contributed by atoms with Gasteiger partial charge in [-0.1, -0.05) is 54.1 Å². The van der Waals surface area contributed by atoms with Crippen LogP contribution in [0.3, 0.4) is 0 Å². The highest BCUT2D eigenvalue weighted by Gasteiger charge is 2.38. The van der Waals surface area contributed by atoms with Crippen molar-refractivity contribution in [1.29, 1.82) is 0 Å². The third-order valence-electron chi connectivity index (χ3n) is 5.53. The SMILES string of the molecule is Cc1ccc(-c2sc(C3(O)CCC(O)CC3)nc2-c2ccc(CO)cc2)cc1. The second-order valence-electron chi connectivity index (χ2n) is 7.68. The molecule has 0 aliphatic heterocycles. The molecule has 1 fully saturated rings. The normalized spacial score (nSPS) is 22.4. The van der Waals surface area contributed by atoms with Crippen molar-refractivity contribution in [2.45, 2.75) is 50.9 Å². The molecule has 0 saturated heterocycles. The second-order valence-corrected chi connectivity index (χ2v) is 8.68. The van der Waals surface area contributed by atoms with E-state index in [9.17, 15) is 15.3 Å². The molecule has 28 heavy (non-hydrogen) atoms. The van der Waals surface area contributed by atoms with Gasteiger partial charge in [0.05, 0.1) is 23.3 Å². The highest BCUT2D eigenvalue weighted by atomic mass is 32.1. The van der Waals surface area contributed by atoms with Crippen LogP contribution in [0.2, 0.25) is 0 Å². The van der Waals surface area contributed by atoms with Crippen molar-refractivity contribution < 1.29 is 15.3 Å². The Labute approximate surface area is 169 Å². The van der Waals surface area contributed by atoms with Gasteiger partial charge in [-0.2, -0.15) is 0 Å². The molecular weight excluding hydrogens is 370 g/mol. The van der Waals surface area contributed by atoms with Gasteiger partial charge in [0, 0.05) is 5.56 Å². The van der Waals surface area contributed by atoms with Crippen molar-refractivity contribution in [1.82, 2.24) is 4.98 Å². The fourth-order valence-electron chi connectivity index (χ4n) is 3.68. The van der Waals surface area contributed by atoms with E-state index in [1.807, 2.05) is 24.3 Å². The topological polar surface area (TPSA) is 73.6 Å². The third kappa shape index (κ3) is 3.76. The molecule has 0 amide bonds. The Morgan fingerprint density at radius 3 is 2.21 bits per heavy atom. The minimum atomic E-state index is -0.980. The Kier molecular flexibility index (Phi) is 5.34. The Balaban J connectivity index is 1.80. The van der Waals surface area contributed by atoms with E-state index in [1.165, 1.54) is 16.9 Å². The lowest BCUT2D eigenvalue weighted by Crippen LogP contribution is -2.33. The van der Waals surface area contributed by atoms with Crippen LogP contribution in [0.1, 0.15) is 41.8 Å². The molecule has 0 spiro atoms. The number of hydrogen-bond donors (Lipinski definition) is 3. The fourth-order valence-corrected chi connectivity index (χ4v) is 4.92. The summed E-state index contributed by atoms with van der Waals surface area (Å²) in [6.45, 7) is 2.07. The molecule has 3 N–H and O–H groups in total. The zero-order valence-corrected chi connectivity index (χ0v) is 16.7. The molecule has 1 aliphatic carbocycles. The molecular formula is C23H25NO3S. The average molecular weight is 396 g/mol. The van der Waals surface area contributed by atoms with Crippen LogP contribution in [0.4, 0.5) is 0 Å². The molecule has 0 atom stereocenters. The smallest absolute Gasteiger partial charge is 0.126 e. The number of rotatable bonds is 4. The molecule has 1 aromatic heterocycles. The van der Waals surface area contributed by atoms with Crippen LogP contribution >= 0.6 is 11.3 Å². The van der Waals surface area contributed by atoms with E-state index in [4.69, 9.17) is 4.98 Å². The van der Waals surface area contributed by atoms with E-state index < -0.39 is 5.60 Å². The molecule has 2 aromatic carbocycles. The lowest BCUT2D eigenvalue weighted by Gasteiger charge is -2.32. The predicted molar refractivity (Wildman–Crippen MR) is 112 cm³/mol. The van der Waals surface area contributed by atoms with Crippen molar-refractivity contribution in [2.75, 3.05) is 0 Å². The van der Waals surface area contributed by atoms with Gasteiger partial charge in [0.15, 0.2) is 0 Å². The summed E-state index contributed by atoms with van der Waals surface area (Å²) < 4.78 is 0. The summed E-state index contributed by atoms with van der Waals surface area (Å²) >= 11 is 1.54. The molecule has 5 heteroatoms. The molecule has 1 saturated carbocycles. The van der Waals surface area contributed by atoms with Gasteiger partial charge in [0.2, 0.25) is 0 Å². The largest absolute Gasteiger partial charge is 0.393 e. The van der Waals surface area contributed by atoms with Gasteiger partial charge in [-0.15, -0.1) is 11.3 Å². The number of aromatic nitrogens is 1. The molecule has 0 unspecified atom stereocenters. The van der Waals surface area contributed by atoms with E-state index in [0.29, 0.717) is 25.7 Å². The Morgan fingerprint density at radius 2 is 1.61 bits per heavy atom. The van der Waals surface area contributed by atoms with Gasteiger partial charge in [-0.05, 0) is 43.7 Å². The second kappa shape index (κ2) is 7.76. The van der Waals surface area contributed by atoms with Crippen LogP contribution in [0, 0.1) is 6.92 Å². The van der Waals surface area contributed by atoms with Crippen molar-refractivity contribution in [3.8, 4) is 21.7 Å². The standard InChI is InChI=1S/C23H25NO3S/c1-15-2-6-18(7-3-15)21-20(17-8-4-16(14-25)5-9-17)24-22(28-21)23(27)12-10-19(26)11-13-23/h2-9,19,25-27H,10-14H2,1H3. The summed E-state index contributed by atoms with van der Waals surface area (Å²) in [6, 6.07) is 16.1. The zero-order chi connectivity index (χ0) is 19.7. The summed E-state index contributed by atoms with van der Waals surface area (Å²) in [4.78, 5) is 5.91. The molecule has 1 heterocycles. The third-order valence-corrected chi connectivity index (χ3v) is 6.83. The number of hydrogen-bond acceptors (Lipinski definition) is 5. The quantitative estimate of drug-likeness (QED) is 0.612. The Bertz CT molecular complexity index is 939. The summed E-state index contributed by atoms with van der Waals surface area (Å²) in [5.41, 5.74) is 3.97. The van der Waals surface area contributed by atoms with Crippen LogP contribution < -0.4 is 0 Å². The first-order valence-corrected chi connectivity index (χ1v) is 10.5. The van der Waals surface area contributed by atoms with Gasteiger partial charge in [0.25, 0.3) is 0 Å². The number of benzene rings is 2. The lowest BCUT2D eigenvalue weighted by molar-refractivity contribution is -0.0361. The minimum Gasteiger partial charge on any atom is -0.393 e. The van der Waals surface area contributed by atoms with Gasteiger partial charge in [-0.3, -0.25) is 0 Å². The highest BCUT2D eigenvalue weighted by molar-refractivity contribution is 7.15. The van der Waals surface area contributed by atoms with Crippen molar-refractivity contribution in [3.05, 3.63) is 64.7 Å². The Hall–Kier alpha value is -2.05. The summed E-state index contributed by atoms with van der Waals surface area (Å²) in [5, 5.41) is 31.1. The van der Waals surface area contributed by atoms with Crippen molar-refractivity contribution in [2.24, 2.45) is 0 Å². The predicted octanol–water partition coefficient (Wildman–Crippen LogP) is 4.40. The maximum Gasteiger partial charge on any atom is 0.126 e. The molecule has 3 aromatic rings. The molecule has 4 rings (SSSR count). The van der Waals surface area contributed by atoms with Gasteiger partial charge in [-0.25, -0.2) is 4.98 Å². The number of aryl methyl sites for hydroxylation is 1. The molecule has 146 valence electrons. The number of aliphatic hydroxyl groups excluding tert-OH is 2. The summed E-state index contributed by atoms with van der Waals surface area (Å²) in [5.74, 6) is 0. The number of nitrogens with zero attached hydrogens (tertiary/aromatic N) is 1. The first kappa shape index (κ1) is 19.3. The van der Waals surface area contributed by atoms with Crippen LogP contribution in [-0.4, -0.2) is 26.4 Å². The maximum atomic E-state index is 11.2. The van der Waals surface area contributed by atoms with Crippen LogP contribution in [-0.2, 0) is 12.2 Å². The lowest BCUT2D eigenvalue weighted by atomic mass is 9.84. The van der Waals surface area contributed by atoms with Crippen molar-refractivity contribution >= 4 is 11.3 Å². The molecule has 4 nitrogen and oxygen atoms in total. The van der Waals surface area contributed by atoms with Gasteiger partial charge < -0.3 is 15.3 Å². The first-order chi connectivity index (χ1) is 13.5. The highest BCUT2D eigenvalue weighted by Crippen LogP contribution is 2.45. The van der Waals surface area contributed by atoms with Crippen LogP contribution in [0.5, 0.6) is 0 Å². The van der Waals surface area contributed by atoms with E-state index in [0.717, 1.165) is 32.3 Å². The maximum absolute atomic E-state index is 11.2. The Morgan fingerprint density at radius 1 is 1.00 bits per heavy atom. The fraction of sp³-hybridized carbons (Fsp3) is 0.348. The minimum absolute atomic E-state index is 0.00942. The van der Waals surface area contributed by atoms with E-state index in [1.54, 1.807) is 0 Å². The zero-order valence-electron chi connectivity index (χ0n) is 15.9. The summed E-state index contributed by atoms with van der Waals surface area (Å²) in [6.07, 6.45) is 1.91. The van der Waals surface area contributed by atoms with E-state index >= 15 is 0 Å². The molecule has 0 radical (unpaired) electrons. The van der Waals surface area contributed by atoms with Gasteiger partial charge in [0.1, 0.15) is 10.6 Å². The molecule has 0 bridgehead atoms. The van der Waals surface area contributed by atoms with Crippen LogP contribution in [0.15, 0.2) is 48.5 Å². The van der Waals surface area contributed by atoms with Crippen LogP contribution in [0.25, 0.3) is 21.7 Å². The number of aliphatic hydroxyl groups is 3. The average Bonchev–Trinajstić information content (AvgIpc) is 3.17. The molecule has 1 aliphatic rings. The first-order valence-electron chi connectivity index (χ1n) is 9.67. The van der Waals surface area contributed by atoms with Gasteiger partial charge >= 0.3 is 0 Å².